The lowest BCUT2D eigenvalue weighted by molar-refractivity contribution is -0.121. The number of rotatable bonds is 8. The van der Waals surface area contributed by atoms with Gasteiger partial charge in [-0.3, -0.25) is 4.79 Å². The van der Waals surface area contributed by atoms with Crippen molar-refractivity contribution in [3.05, 3.63) is 24.4 Å². The van der Waals surface area contributed by atoms with Crippen molar-refractivity contribution in [2.24, 2.45) is 0 Å². The molecule has 0 aliphatic heterocycles. The SMILES string of the molecule is CCCCNC(=O)CCC(C)Sc1ccccn1. The smallest absolute Gasteiger partial charge is 0.220 e. The summed E-state index contributed by atoms with van der Waals surface area (Å²) in [7, 11) is 0. The van der Waals surface area contributed by atoms with Crippen LogP contribution in [0.3, 0.4) is 0 Å². The van der Waals surface area contributed by atoms with E-state index in [1.807, 2.05) is 18.2 Å². The molecule has 18 heavy (non-hydrogen) atoms. The lowest BCUT2D eigenvalue weighted by Crippen LogP contribution is -2.24. The molecule has 1 heterocycles. The Morgan fingerprint density at radius 2 is 2.33 bits per heavy atom. The molecule has 1 rings (SSSR count). The van der Waals surface area contributed by atoms with Crippen molar-refractivity contribution in [2.45, 2.75) is 49.8 Å². The van der Waals surface area contributed by atoms with Crippen molar-refractivity contribution < 1.29 is 4.79 Å². The van der Waals surface area contributed by atoms with E-state index in [0.717, 1.165) is 30.8 Å². The van der Waals surface area contributed by atoms with E-state index in [4.69, 9.17) is 0 Å². The number of aromatic nitrogens is 1. The number of amides is 1. The maximum Gasteiger partial charge on any atom is 0.220 e. The van der Waals surface area contributed by atoms with Crippen LogP contribution in [-0.2, 0) is 4.79 Å². The summed E-state index contributed by atoms with van der Waals surface area (Å²) in [5.74, 6) is 0.164. The van der Waals surface area contributed by atoms with Gasteiger partial charge in [-0.05, 0) is 25.0 Å². The summed E-state index contributed by atoms with van der Waals surface area (Å²) < 4.78 is 0. The predicted molar refractivity (Wildman–Crippen MR) is 76.7 cm³/mol. The van der Waals surface area contributed by atoms with Crippen molar-refractivity contribution in [1.82, 2.24) is 10.3 Å². The first-order valence-corrected chi connectivity index (χ1v) is 7.44. The third-order valence-corrected chi connectivity index (χ3v) is 3.71. The maximum absolute atomic E-state index is 11.5. The molecule has 1 amide bonds. The van der Waals surface area contributed by atoms with E-state index < -0.39 is 0 Å². The van der Waals surface area contributed by atoms with Crippen molar-refractivity contribution in [1.29, 1.82) is 0 Å². The molecule has 0 fully saturated rings. The van der Waals surface area contributed by atoms with Gasteiger partial charge in [0, 0.05) is 24.4 Å². The molecule has 0 spiro atoms. The van der Waals surface area contributed by atoms with Gasteiger partial charge in [-0.2, -0.15) is 0 Å². The summed E-state index contributed by atoms with van der Waals surface area (Å²) >= 11 is 1.72. The van der Waals surface area contributed by atoms with Crippen molar-refractivity contribution in [3.63, 3.8) is 0 Å². The molecule has 1 aromatic rings. The van der Waals surface area contributed by atoms with E-state index >= 15 is 0 Å². The van der Waals surface area contributed by atoms with Crippen LogP contribution in [0.5, 0.6) is 0 Å². The van der Waals surface area contributed by atoms with Crippen LogP contribution in [0.1, 0.15) is 39.5 Å². The highest BCUT2D eigenvalue weighted by Crippen LogP contribution is 2.23. The van der Waals surface area contributed by atoms with Gasteiger partial charge in [0.1, 0.15) is 0 Å². The third-order valence-electron chi connectivity index (χ3n) is 2.59. The molecule has 100 valence electrons. The lowest BCUT2D eigenvalue weighted by Gasteiger charge is -2.10. The zero-order valence-corrected chi connectivity index (χ0v) is 12.0. The Morgan fingerprint density at radius 3 is 3.00 bits per heavy atom. The average molecular weight is 266 g/mol. The molecule has 0 saturated carbocycles. The number of carbonyl (C=O) groups excluding carboxylic acids is 1. The largest absolute Gasteiger partial charge is 0.356 e. The number of hydrogen-bond acceptors (Lipinski definition) is 3. The van der Waals surface area contributed by atoms with E-state index in [-0.39, 0.29) is 5.91 Å². The standard InChI is InChI=1S/C14H22N2OS/c1-3-4-10-15-13(17)9-8-12(2)18-14-7-5-6-11-16-14/h5-7,11-12H,3-4,8-10H2,1-2H3,(H,15,17). The zero-order chi connectivity index (χ0) is 13.2. The summed E-state index contributed by atoms with van der Waals surface area (Å²) in [6.07, 6.45) is 5.46. The van der Waals surface area contributed by atoms with Crippen LogP contribution in [0, 0.1) is 0 Å². The highest BCUT2D eigenvalue weighted by atomic mass is 32.2. The summed E-state index contributed by atoms with van der Waals surface area (Å²) in [5, 5.41) is 4.38. The zero-order valence-electron chi connectivity index (χ0n) is 11.2. The summed E-state index contributed by atoms with van der Waals surface area (Å²) in [6, 6.07) is 5.90. The van der Waals surface area contributed by atoms with Gasteiger partial charge in [-0.25, -0.2) is 4.98 Å². The molecule has 1 unspecified atom stereocenters. The fourth-order valence-corrected chi connectivity index (χ4v) is 2.44. The molecule has 0 bridgehead atoms. The van der Waals surface area contributed by atoms with Crippen LogP contribution in [0.15, 0.2) is 29.4 Å². The Hall–Kier alpha value is -1.03. The number of thioether (sulfide) groups is 1. The molecule has 1 atom stereocenters. The van der Waals surface area contributed by atoms with Gasteiger partial charge in [-0.1, -0.05) is 26.3 Å². The van der Waals surface area contributed by atoms with Gasteiger partial charge in [0.2, 0.25) is 5.91 Å². The first kappa shape index (κ1) is 15.0. The number of hydrogen-bond donors (Lipinski definition) is 1. The Morgan fingerprint density at radius 1 is 1.50 bits per heavy atom. The summed E-state index contributed by atoms with van der Waals surface area (Å²) in [5.41, 5.74) is 0. The molecule has 0 radical (unpaired) electrons. The highest BCUT2D eigenvalue weighted by molar-refractivity contribution is 7.99. The summed E-state index contributed by atoms with van der Waals surface area (Å²) in [6.45, 7) is 5.06. The van der Waals surface area contributed by atoms with Crippen LogP contribution in [0.2, 0.25) is 0 Å². The van der Waals surface area contributed by atoms with Gasteiger partial charge < -0.3 is 5.32 Å². The minimum Gasteiger partial charge on any atom is -0.356 e. The second kappa shape index (κ2) is 8.97. The quantitative estimate of drug-likeness (QED) is 0.580. The molecule has 0 saturated heterocycles. The number of carbonyl (C=O) groups is 1. The third kappa shape index (κ3) is 6.64. The number of unbranched alkanes of at least 4 members (excludes halogenated alkanes) is 1. The fourth-order valence-electron chi connectivity index (χ4n) is 1.51. The molecule has 1 N–H and O–H groups in total. The molecule has 0 aliphatic carbocycles. The maximum atomic E-state index is 11.5. The number of pyridine rings is 1. The molecular formula is C14H22N2OS. The van der Waals surface area contributed by atoms with Crippen LogP contribution >= 0.6 is 11.8 Å². The fraction of sp³-hybridized carbons (Fsp3) is 0.571. The van der Waals surface area contributed by atoms with E-state index in [1.54, 1.807) is 18.0 Å². The monoisotopic (exact) mass is 266 g/mol. The molecule has 1 aromatic heterocycles. The van der Waals surface area contributed by atoms with Gasteiger partial charge in [-0.15, -0.1) is 11.8 Å². The Balaban J connectivity index is 2.17. The van der Waals surface area contributed by atoms with E-state index in [0.29, 0.717) is 11.7 Å². The lowest BCUT2D eigenvalue weighted by atomic mass is 10.2. The van der Waals surface area contributed by atoms with Crippen LogP contribution in [0.25, 0.3) is 0 Å². The molecule has 0 aromatic carbocycles. The van der Waals surface area contributed by atoms with E-state index in [1.165, 1.54) is 0 Å². The van der Waals surface area contributed by atoms with Gasteiger partial charge in [0.25, 0.3) is 0 Å². The second-order valence-electron chi connectivity index (χ2n) is 4.34. The van der Waals surface area contributed by atoms with Gasteiger partial charge >= 0.3 is 0 Å². The van der Waals surface area contributed by atoms with Crippen molar-refractivity contribution in [3.8, 4) is 0 Å². The molecule has 3 nitrogen and oxygen atoms in total. The van der Waals surface area contributed by atoms with Gasteiger partial charge in [0.05, 0.1) is 5.03 Å². The Bertz CT molecular complexity index is 343. The molecule has 0 aliphatic rings. The minimum atomic E-state index is 0.164. The van der Waals surface area contributed by atoms with Crippen LogP contribution < -0.4 is 5.32 Å². The molecular weight excluding hydrogens is 244 g/mol. The van der Waals surface area contributed by atoms with Crippen LogP contribution in [0.4, 0.5) is 0 Å². The van der Waals surface area contributed by atoms with E-state index in [9.17, 15) is 4.79 Å². The number of nitrogens with zero attached hydrogens (tertiary/aromatic N) is 1. The minimum absolute atomic E-state index is 0.164. The van der Waals surface area contributed by atoms with Crippen molar-refractivity contribution >= 4 is 17.7 Å². The normalized spacial score (nSPS) is 12.1. The Labute approximate surface area is 114 Å². The summed E-state index contributed by atoms with van der Waals surface area (Å²) in [4.78, 5) is 15.8. The number of nitrogens with one attached hydrogen (secondary N) is 1. The highest BCUT2D eigenvalue weighted by Gasteiger charge is 2.08. The first-order valence-electron chi connectivity index (χ1n) is 6.56. The molecule has 4 heteroatoms. The van der Waals surface area contributed by atoms with Crippen LogP contribution in [-0.4, -0.2) is 22.7 Å². The van der Waals surface area contributed by atoms with E-state index in [2.05, 4.69) is 24.1 Å². The first-order chi connectivity index (χ1) is 8.72. The topological polar surface area (TPSA) is 42.0 Å². The second-order valence-corrected chi connectivity index (χ2v) is 5.80. The van der Waals surface area contributed by atoms with Gasteiger partial charge in [0.15, 0.2) is 0 Å². The van der Waals surface area contributed by atoms with Crippen molar-refractivity contribution in [2.75, 3.05) is 6.54 Å². The average Bonchev–Trinajstić information content (AvgIpc) is 2.38. The Kier molecular flexibility index (Phi) is 7.49. The predicted octanol–water partition coefficient (Wildman–Crippen LogP) is 3.26.